The van der Waals surface area contributed by atoms with Gasteiger partial charge in [0.2, 0.25) is 0 Å². The van der Waals surface area contributed by atoms with Gasteiger partial charge in [-0.3, -0.25) is 0 Å². The third-order valence-corrected chi connectivity index (χ3v) is 3.31. The van der Waals surface area contributed by atoms with Crippen molar-refractivity contribution in [3.05, 3.63) is 22.8 Å². The molecule has 0 atom stereocenters. The van der Waals surface area contributed by atoms with Crippen LogP contribution in [0.2, 0.25) is 0 Å². The van der Waals surface area contributed by atoms with E-state index in [4.69, 9.17) is 9.97 Å². The summed E-state index contributed by atoms with van der Waals surface area (Å²) < 4.78 is 0. The Morgan fingerprint density at radius 1 is 0.824 bits per heavy atom. The minimum Gasteiger partial charge on any atom is -0.237 e. The number of hydrogen-bond donors (Lipinski definition) is 0. The quantitative estimate of drug-likeness (QED) is 0.683. The lowest BCUT2D eigenvalue weighted by Gasteiger charge is -2.25. The molecule has 1 aliphatic rings. The van der Waals surface area contributed by atoms with Crippen LogP contribution < -0.4 is 0 Å². The first-order chi connectivity index (χ1) is 7.69. The summed E-state index contributed by atoms with van der Waals surface area (Å²) in [4.78, 5) is 9.66. The van der Waals surface area contributed by atoms with Gasteiger partial charge in [0, 0.05) is 16.5 Å². The Morgan fingerprint density at radius 3 is 2.00 bits per heavy atom. The van der Waals surface area contributed by atoms with Crippen molar-refractivity contribution in [2.24, 2.45) is 0 Å². The maximum absolute atomic E-state index is 4.88. The topological polar surface area (TPSA) is 25.8 Å². The fourth-order valence-corrected chi connectivity index (χ4v) is 2.39. The Hall–Kier alpha value is -0.920. The zero-order chi connectivity index (χ0) is 12.8. The normalized spacial score (nSPS) is 16.1. The van der Waals surface area contributed by atoms with Gasteiger partial charge in [0.05, 0.1) is 5.69 Å². The molecular weight excluding hydrogens is 208 g/mol. The molecule has 2 nitrogen and oxygen atoms in total. The molecule has 0 unspecified atom stereocenters. The van der Waals surface area contributed by atoms with Crippen LogP contribution in [0.3, 0.4) is 0 Å². The molecule has 0 amide bonds. The summed E-state index contributed by atoms with van der Waals surface area (Å²) in [7, 11) is 0. The van der Waals surface area contributed by atoms with Crippen LogP contribution in [0.5, 0.6) is 0 Å². The van der Waals surface area contributed by atoms with Crippen molar-refractivity contribution in [1.29, 1.82) is 0 Å². The van der Waals surface area contributed by atoms with Crippen LogP contribution in [0.25, 0.3) is 0 Å². The first-order valence-electron chi connectivity index (χ1n) is 6.60. The van der Waals surface area contributed by atoms with Crippen molar-refractivity contribution in [2.45, 2.75) is 71.6 Å². The van der Waals surface area contributed by atoms with E-state index in [0.717, 1.165) is 18.7 Å². The second-order valence-corrected chi connectivity index (χ2v) is 7.17. The summed E-state index contributed by atoms with van der Waals surface area (Å²) in [5, 5.41) is 0. The second kappa shape index (κ2) is 3.79. The lowest BCUT2D eigenvalue weighted by Crippen LogP contribution is -2.24. The van der Waals surface area contributed by atoms with Crippen LogP contribution in [-0.2, 0) is 23.7 Å². The van der Waals surface area contributed by atoms with E-state index in [0.29, 0.717) is 0 Å². The molecule has 1 heterocycles. The minimum absolute atomic E-state index is 0.0393. The Bertz CT molecular complexity index is 433. The monoisotopic (exact) mass is 232 g/mol. The van der Waals surface area contributed by atoms with Crippen LogP contribution in [0.1, 0.15) is 70.7 Å². The van der Waals surface area contributed by atoms with Crippen LogP contribution in [-0.4, -0.2) is 9.97 Å². The van der Waals surface area contributed by atoms with Gasteiger partial charge in [0.25, 0.3) is 0 Å². The van der Waals surface area contributed by atoms with E-state index in [2.05, 4.69) is 41.5 Å². The van der Waals surface area contributed by atoms with Crippen molar-refractivity contribution in [3.8, 4) is 0 Å². The molecule has 2 heteroatoms. The first kappa shape index (κ1) is 12.5. The van der Waals surface area contributed by atoms with E-state index in [9.17, 15) is 0 Å². The van der Waals surface area contributed by atoms with Gasteiger partial charge in [-0.25, -0.2) is 9.97 Å². The number of rotatable bonds is 0. The summed E-state index contributed by atoms with van der Waals surface area (Å²) in [6.45, 7) is 13.3. The van der Waals surface area contributed by atoms with Gasteiger partial charge >= 0.3 is 0 Å². The smallest absolute Gasteiger partial charge is 0.134 e. The number of aromatic nitrogens is 2. The predicted molar refractivity (Wildman–Crippen MR) is 71.5 cm³/mol. The van der Waals surface area contributed by atoms with Crippen molar-refractivity contribution >= 4 is 0 Å². The van der Waals surface area contributed by atoms with Gasteiger partial charge in [-0.2, -0.15) is 0 Å². The molecule has 0 spiro atoms. The Labute approximate surface area is 105 Å². The third-order valence-electron chi connectivity index (χ3n) is 3.31. The molecule has 0 bridgehead atoms. The molecule has 0 aromatic carbocycles. The van der Waals surface area contributed by atoms with Crippen LogP contribution >= 0.6 is 0 Å². The fourth-order valence-electron chi connectivity index (χ4n) is 2.39. The maximum Gasteiger partial charge on any atom is 0.134 e. The Kier molecular flexibility index (Phi) is 2.80. The molecule has 0 radical (unpaired) electrons. The first-order valence-corrected chi connectivity index (χ1v) is 6.60. The van der Waals surface area contributed by atoms with Crippen LogP contribution in [0.4, 0.5) is 0 Å². The molecule has 1 aromatic rings. The molecular formula is C15H24N2. The van der Waals surface area contributed by atoms with Crippen molar-refractivity contribution in [3.63, 3.8) is 0 Å². The predicted octanol–water partition coefficient (Wildman–Crippen LogP) is 3.56. The van der Waals surface area contributed by atoms with Gasteiger partial charge in [-0.1, -0.05) is 41.5 Å². The van der Waals surface area contributed by atoms with Crippen molar-refractivity contribution < 1.29 is 0 Å². The van der Waals surface area contributed by atoms with Gasteiger partial charge in [0.1, 0.15) is 5.82 Å². The van der Waals surface area contributed by atoms with E-state index in [1.165, 1.54) is 23.4 Å². The summed E-state index contributed by atoms with van der Waals surface area (Å²) in [6.07, 6.45) is 3.52. The summed E-state index contributed by atoms with van der Waals surface area (Å²) in [5.74, 6) is 1.00. The third kappa shape index (κ3) is 2.36. The van der Waals surface area contributed by atoms with E-state index in [1.807, 2.05) is 0 Å². The van der Waals surface area contributed by atoms with Gasteiger partial charge in [-0.05, 0) is 24.8 Å². The molecule has 0 N–H and O–H groups in total. The van der Waals surface area contributed by atoms with Crippen molar-refractivity contribution in [1.82, 2.24) is 9.97 Å². The van der Waals surface area contributed by atoms with Gasteiger partial charge in [0.15, 0.2) is 0 Å². The maximum atomic E-state index is 4.88. The van der Waals surface area contributed by atoms with Crippen molar-refractivity contribution in [2.75, 3.05) is 0 Å². The SMILES string of the molecule is CC(C)(C)c1nc2c(c(C(C)(C)C)n1)CCC2. The van der Waals surface area contributed by atoms with Gasteiger partial charge < -0.3 is 0 Å². The summed E-state index contributed by atoms with van der Waals surface area (Å²) >= 11 is 0. The highest BCUT2D eigenvalue weighted by molar-refractivity contribution is 5.35. The fraction of sp³-hybridized carbons (Fsp3) is 0.733. The highest BCUT2D eigenvalue weighted by Crippen LogP contribution is 2.33. The van der Waals surface area contributed by atoms with E-state index in [1.54, 1.807) is 0 Å². The molecule has 0 saturated heterocycles. The zero-order valence-electron chi connectivity index (χ0n) is 12.0. The lowest BCUT2D eigenvalue weighted by atomic mass is 9.87. The number of nitrogens with zero attached hydrogens (tertiary/aromatic N) is 2. The largest absolute Gasteiger partial charge is 0.237 e. The van der Waals surface area contributed by atoms with E-state index >= 15 is 0 Å². The lowest BCUT2D eigenvalue weighted by molar-refractivity contribution is 0.507. The Balaban J connectivity index is 2.62. The standard InChI is InChI=1S/C15H24N2/c1-14(2,3)12-10-8-7-9-11(10)16-13(17-12)15(4,5)6/h7-9H2,1-6H3. The molecule has 0 aliphatic heterocycles. The molecule has 1 aromatic heterocycles. The van der Waals surface area contributed by atoms with E-state index < -0.39 is 0 Å². The molecule has 1 aliphatic carbocycles. The number of aryl methyl sites for hydroxylation is 1. The average molecular weight is 232 g/mol. The summed E-state index contributed by atoms with van der Waals surface area (Å²) in [5.41, 5.74) is 4.15. The summed E-state index contributed by atoms with van der Waals surface area (Å²) in [6, 6.07) is 0. The van der Waals surface area contributed by atoms with Crippen LogP contribution in [0.15, 0.2) is 0 Å². The van der Waals surface area contributed by atoms with Gasteiger partial charge in [-0.15, -0.1) is 0 Å². The molecule has 17 heavy (non-hydrogen) atoms. The zero-order valence-corrected chi connectivity index (χ0v) is 12.0. The van der Waals surface area contributed by atoms with Crippen LogP contribution in [0, 0.1) is 0 Å². The highest BCUT2D eigenvalue weighted by atomic mass is 14.9. The molecule has 94 valence electrons. The number of hydrogen-bond acceptors (Lipinski definition) is 2. The molecule has 0 saturated carbocycles. The average Bonchev–Trinajstić information content (AvgIpc) is 2.59. The Morgan fingerprint density at radius 2 is 1.47 bits per heavy atom. The second-order valence-electron chi connectivity index (χ2n) is 7.17. The number of fused-ring (bicyclic) bond motifs is 1. The molecule has 2 rings (SSSR count). The minimum atomic E-state index is 0.0393. The molecule has 0 fully saturated rings. The van der Waals surface area contributed by atoms with E-state index in [-0.39, 0.29) is 10.8 Å². The highest BCUT2D eigenvalue weighted by Gasteiger charge is 2.29.